The van der Waals surface area contributed by atoms with Crippen LogP contribution in [0.2, 0.25) is 0 Å². The van der Waals surface area contributed by atoms with Gasteiger partial charge in [0, 0.05) is 30.4 Å². The topological polar surface area (TPSA) is 63.8 Å². The van der Waals surface area contributed by atoms with Crippen molar-refractivity contribution in [3.63, 3.8) is 0 Å². The van der Waals surface area contributed by atoms with Gasteiger partial charge in [-0.3, -0.25) is 4.98 Å². The second kappa shape index (κ2) is 6.43. The number of hydrogen-bond donors (Lipinski definition) is 1. The fourth-order valence-electron chi connectivity index (χ4n) is 2.05. The minimum Gasteiger partial charge on any atom is -0.339 e. The number of likely N-dealkylation sites (N-methyl/N-ethyl adjacent to an activating group) is 1. The molecule has 0 saturated heterocycles. The van der Waals surface area contributed by atoms with Gasteiger partial charge in [-0.25, -0.2) is 0 Å². The van der Waals surface area contributed by atoms with Gasteiger partial charge in [0.25, 0.3) is 0 Å². The number of nitrogens with one attached hydrogen (secondary N) is 1. The van der Waals surface area contributed by atoms with Crippen molar-refractivity contribution in [3.05, 3.63) is 29.9 Å². The van der Waals surface area contributed by atoms with Gasteiger partial charge in [0.15, 0.2) is 0 Å². The maximum absolute atomic E-state index is 5.32. The summed E-state index contributed by atoms with van der Waals surface area (Å²) in [5, 5.41) is 7.31. The summed E-state index contributed by atoms with van der Waals surface area (Å²) in [6.07, 6.45) is 6.52. The third-order valence-electron chi connectivity index (χ3n) is 3.21. The maximum Gasteiger partial charge on any atom is 0.228 e. The van der Waals surface area contributed by atoms with E-state index < -0.39 is 0 Å². The number of nitrogens with zero attached hydrogens (tertiary/aromatic N) is 3. The zero-order chi connectivity index (χ0) is 13.7. The van der Waals surface area contributed by atoms with Crippen molar-refractivity contribution in [3.8, 4) is 11.4 Å². The number of hydrogen-bond acceptors (Lipinski definition) is 5. The van der Waals surface area contributed by atoms with Crippen LogP contribution >= 0.6 is 0 Å². The molecule has 0 radical (unpaired) electrons. The molecule has 2 aromatic heterocycles. The zero-order valence-corrected chi connectivity index (χ0v) is 11.7. The predicted octanol–water partition coefficient (Wildman–Crippen LogP) is 2.37. The fourth-order valence-corrected chi connectivity index (χ4v) is 2.05. The van der Waals surface area contributed by atoms with Crippen LogP contribution in [0.15, 0.2) is 23.0 Å². The zero-order valence-electron chi connectivity index (χ0n) is 11.7. The molecule has 2 aromatic rings. The lowest BCUT2D eigenvalue weighted by Gasteiger charge is -2.11. The summed E-state index contributed by atoms with van der Waals surface area (Å²) in [7, 11) is 1.96. The van der Waals surface area contributed by atoms with Gasteiger partial charge >= 0.3 is 0 Å². The van der Waals surface area contributed by atoms with Crippen LogP contribution < -0.4 is 5.32 Å². The van der Waals surface area contributed by atoms with Crippen LogP contribution in [0.25, 0.3) is 11.4 Å². The Labute approximate surface area is 113 Å². The summed E-state index contributed by atoms with van der Waals surface area (Å²) in [6.45, 7) is 4.18. The van der Waals surface area contributed by atoms with Crippen molar-refractivity contribution in [1.29, 1.82) is 0 Å². The molecule has 1 atom stereocenters. The van der Waals surface area contributed by atoms with E-state index in [4.69, 9.17) is 4.52 Å². The van der Waals surface area contributed by atoms with Crippen LogP contribution in [-0.2, 0) is 6.42 Å². The van der Waals surface area contributed by atoms with Crippen LogP contribution in [0.3, 0.4) is 0 Å². The normalized spacial score (nSPS) is 12.6. The van der Waals surface area contributed by atoms with Gasteiger partial charge < -0.3 is 9.84 Å². The summed E-state index contributed by atoms with van der Waals surface area (Å²) < 4.78 is 5.32. The van der Waals surface area contributed by atoms with Gasteiger partial charge in [0.1, 0.15) is 0 Å². The summed E-state index contributed by atoms with van der Waals surface area (Å²) in [5.41, 5.74) is 2.02. The first kappa shape index (κ1) is 13.7. The van der Waals surface area contributed by atoms with Crippen molar-refractivity contribution in [2.45, 2.75) is 39.2 Å². The van der Waals surface area contributed by atoms with Crippen LogP contribution in [0.5, 0.6) is 0 Å². The highest BCUT2D eigenvalue weighted by atomic mass is 16.5. The van der Waals surface area contributed by atoms with E-state index >= 15 is 0 Å². The third-order valence-corrected chi connectivity index (χ3v) is 3.21. The smallest absolute Gasteiger partial charge is 0.228 e. The standard InChI is InChI=1S/C14H20N4O/c1-4-5-11(15-3)8-13-17-14(18-19-13)12-9-16-7-6-10(12)2/h6-7,9,11,15H,4-5,8H2,1-3H3. The van der Waals surface area contributed by atoms with E-state index in [-0.39, 0.29) is 0 Å². The van der Waals surface area contributed by atoms with Crippen molar-refractivity contribution >= 4 is 0 Å². The summed E-state index contributed by atoms with van der Waals surface area (Å²) in [4.78, 5) is 8.56. The molecule has 102 valence electrons. The monoisotopic (exact) mass is 260 g/mol. The van der Waals surface area contributed by atoms with Gasteiger partial charge in [0.2, 0.25) is 11.7 Å². The first-order valence-electron chi connectivity index (χ1n) is 6.65. The Morgan fingerprint density at radius 3 is 2.95 bits per heavy atom. The van der Waals surface area contributed by atoms with Crippen molar-refractivity contribution in [2.75, 3.05) is 7.05 Å². The van der Waals surface area contributed by atoms with Crippen molar-refractivity contribution < 1.29 is 4.52 Å². The molecule has 0 aliphatic rings. The molecule has 0 aliphatic heterocycles. The molecular formula is C14H20N4O. The molecule has 5 nitrogen and oxygen atoms in total. The fraction of sp³-hybridized carbons (Fsp3) is 0.500. The molecule has 19 heavy (non-hydrogen) atoms. The van der Waals surface area contributed by atoms with Crippen molar-refractivity contribution in [2.24, 2.45) is 0 Å². The lowest BCUT2D eigenvalue weighted by Crippen LogP contribution is -2.27. The second-order valence-electron chi connectivity index (χ2n) is 4.68. The van der Waals surface area contributed by atoms with Crippen LogP contribution in [0.1, 0.15) is 31.2 Å². The van der Waals surface area contributed by atoms with E-state index in [1.54, 1.807) is 12.4 Å². The first-order valence-corrected chi connectivity index (χ1v) is 6.65. The molecular weight excluding hydrogens is 240 g/mol. The second-order valence-corrected chi connectivity index (χ2v) is 4.68. The molecule has 0 saturated carbocycles. The van der Waals surface area contributed by atoms with Gasteiger partial charge in [0.05, 0.1) is 0 Å². The van der Waals surface area contributed by atoms with E-state index in [1.165, 1.54) is 0 Å². The molecule has 2 rings (SSSR count). The number of rotatable bonds is 6. The molecule has 0 aliphatic carbocycles. The van der Waals surface area contributed by atoms with E-state index in [9.17, 15) is 0 Å². The summed E-state index contributed by atoms with van der Waals surface area (Å²) in [5.74, 6) is 1.29. The average molecular weight is 260 g/mol. The Morgan fingerprint density at radius 2 is 2.26 bits per heavy atom. The first-order chi connectivity index (χ1) is 9.24. The van der Waals surface area contributed by atoms with E-state index in [2.05, 4.69) is 27.4 Å². The predicted molar refractivity (Wildman–Crippen MR) is 73.7 cm³/mol. The lowest BCUT2D eigenvalue weighted by molar-refractivity contribution is 0.356. The molecule has 2 heterocycles. The van der Waals surface area contributed by atoms with E-state index in [0.29, 0.717) is 17.8 Å². The van der Waals surface area contributed by atoms with Gasteiger partial charge in [-0.2, -0.15) is 4.98 Å². The molecule has 5 heteroatoms. The lowest BCUT2D eigenvalue weighted by atomic mass is 10.1. The largest absolute Gasteiger partial charge is 0.339 e. The van der Waals surface area contributed by atoms with Gasteiger partial charge in [-0.1, -0.05) is 18.5 Å². The Morgan fingerprint density at radius 1 is 1.42 bits per heavy atom. The maximum atomic E-state index is 5.32. The summed E-state index contributed by atoms with van der Waals surface area (Å²) >= 11 is 0. The molecule has 0 bridgehead atoms. The molecule has 0 amide bonds. The molecule has 1 N–H and O–H groups in total. The van der Waals surface area contributed by atoms with Crippen LogP contribution in [0, 0.1) is 6.92 Å². The number of aryl methyl sites for hydroxylation is 1. The number of aromatic nitrogens is 3. The Bertz CT molecular complexity index is 524. The SMILES string of the molecule is CCCC(Cc1nc(-c2cnccc2C)no1)NC. The number of pyridine rings is 1. The molecule has 1 unspecified atom stereocenters. The van der Waals surface area contributed by atoms with Crippen molar-refractivity contribution in [1.82, 2.24) is 20.4 Å². The molecule has 0 spiro atoms. The van der Waals surface area contributed by atoms with E-state index in [1.807, 2.05) is 20.0 Å². The summed E-state index contributed by atoms with van der Waals surface area (Å²) in [6, 6.07) is 2.33. The minimum atomic E-state index is 0.383. The Balaban J connectivity index is 2.13. The van der Waals surface area contributed by atoms with Gasteiger partial charge in [-0.05, 0) is 32.0 Å². The Hall–Kier alpha value is -1.75. The van der Waals surface area contributed by atoms with Crippen LogP contribution in [-0.4, -0.2) is 28.2 Å². The highest BCUT2D eigenvalue weighted by molar-refractivity contribution is 5.57. The third kappa shape index (κ3) is 3.38. The molecule has 0 aromatic carbocycles. The van der Waals surface area contributed by atoms with Crippen LogP contribution in [0.4, 0.5) is 0 Å². The highest BCUT2D eigenvalue weighted by Crippen LogP contribution is 2.19. The minimum absolute atomic E-state index is 0.383. The quantitative estimate of drug-likeness (QED) is 0.863. The molecule has 0 fully saturated rings. The Kier molecular flexibility index (Phi) is 4.63. The van der Waals surface area contributed by atoms with E-state index in [0.717, 1.165) is 30.4 Å². The average Bonchev–Trinajstić information content (AvgIpc) is 2.87. The van der Waals surface area contributed by atoms with Gasteiger partial charge in [-0.15, -0.1) is 0 Å². The highest BCUT2D eigenvalue weighted by Gasteiger charge is 2.14.